The molecule has 1 N–H and O–H groups in total. The lowest BCUT2D eigenvalue weighted by Crippen LogP contribution is -2.37. The summed E-state index contributed by atoms with van der Waals surface area (Å²) in [6.45, 7) is 2.10. The molecule has 1 aromatic rings. The van der Waals surface area contributed by atoms with Gasteiger partial charge in [-0.05, 0) is 42.9 Å². The van der Waals surface area contributed by atoms with Gasteiger partial charge < -0.3 is 5.11 Å². The van der Waals surface area contributed by atoms with Crippen LogP contribution in [0.4, 0.5) is 4.39 Å². The standard InChI is InChI=1S/C15H19FO2/c1-11-4-3-7-15(9-11,14(17)18)10-12-5-2-6-13(16)8-12/h2,5-6,8,11H,3-4,7,9-10H2,1H3,(H,17,18). The van der Waals surface area contributed by atoms with E-state index >= 15 is 0 Å². The van der Waals surface area contributed by atoms with Crippen LogP contribution in [0.3, 0.4) is 0 Å². The predicted molar refractivity (Wildman–Crippen MR) is 67.8 cm³/mol. The fourth-order valence-electron chi connectivity index (χ4n) is 3.13. The first kappa shape index (κ1) is 13.1. The van der Waals surface area contributed by atoms with Crippen molar-refractivity contribution in [2.75, 3.05) is 0 Å². The van der Waals surface area contributed by atoms with Gasteiger partial charge in [0.05, 0.1) is 5.41 Å². The average Bonchev–Trinajstić information content (AvgIpc) is 2.28. The number of aliphatic carboxylic acids is 1. The number of carboxylic acids is 1. The largest absolute Gasteiger partial charge is 0.481 e. The van der Waals surface area contributed by atoms with Gasteiger partial charge in [-0.3, -0.25) is 4.79 Å². The van der Waals surface area contributed by atoms with Gasteiger partial charge in [0.15, 0.2) is 0 Å². The van der Waals surface area contributed by atoms with E-state index in [0.717, 1.165) is 18.4 Å². The van der Waals surface area contributed by atoms with Crippen LogP contribution in [0.25, 0.3) is 0 Å². The van der Waals surface area contributed by atoms with Crippen molar-refractivity contribution in [2.24, 2.45) is 11.3 Å². The maximum atomic E-state index is 13.2. The normalized spacial score (nSPS) is 28.0. The van der Waals surface area contributed by atoms with E-state index in [2.05, 4.69) is 6.92 Å². The third-order valence-electron chi connectivity index (χ3n) is 3.98. The first-order valence-corrected chi connectivity index (χ1v) is 6.50. The van der Waals surface area contributed by atoms with E-state index in [-0.39, 0.29) is 5.82 Å². The second-order valence-electron chi connectivity index (χ2n) is 5.59. The van der Waals surface area contributed by atoms with Gasteiger partial charge in [0.1, 0.15) is 5.82 Å². The SMILES string of the molecule is CC1CCCC(Cc2cccc(F)c2)(C(=O)O)C1. The number of carboxylic acid groups (broad SMARTS) is 1. The second kappa shape index (κ2) is 5.09. The molecule has 1 aliphatic carbocycles. The van der Waals surface area contributed by atoms with Crippen LogP contribution in [0.5, 0.6) is 0 Å². The smallest absolute Gasteiger partial charge is 0.309 e. The highest BCUT2D eigenvalue weighted by atomic mass is 19.1. The summed E-state index contributed by atoms with van der Waals surface area (Å²) in [5.74, 6) is -0.599. The Morgan fingerprint density at radius 2 is 2.33 bits per heavy atom. The van der Waals surface area contributed by atoms with Crippen LogP contribution in [-0.2, 0) is 11.2 Å². The zero-order chi connectivity index (χ0) is 13.2. The van der Waals surface area contributed by atoms with Crippen LogP contribution >= 0.6 is 0 Å². The Balaban J connectivity index is 2.23. The highest BCUT2D eigenvalue weighted by Crippen LogP contribution is 2.42. The highest BCUT2D eigenvalue weighted by molar-refractivity contribution is 5.75. The molecule has 1 fully saturated rings. The van der Waals surface area contributed by atoms with Crippen molar-refractivity contribution in [2.45, 2.75) is 39.0 Å². The van der Waals surface area contributed by atoms with Gasteiger partial charge in [0, 0.05) is 0 Å². The Hall–Kier alpha value is -1.38. The topological polar surface area (TPSA) is 37.3 Å². The molecule has 0 radical (unpaired) electrons. The lowest BCUT2D eigenvalue weighted by Gasteiger charge is -2.36. The maximum Gasteiger partial charge on any atom is 0.309 e. The molecule has 3 heteroatoms. The highest BCUT2D eigenvalue weighted by Gasteiger charge is 2.41. The van der Waals surface area contributed by atoms with Gasteiger partial charge in [-0.2, -0.15) is 0 Å². The molecule has 0 saturated heterocycles. The quantitative estimate of drug-likeness (QED) is 0.889. The number of benzene rings is 1. The first-order chi connectivity index (χ1) is 8.52. The molecule has 0 aliphatic heterocycles. The van der Waals surface area contributed by atoms with Crippen molar-refractivity contribution in [3.05, 3.63) is 35.6 Å². The van der Waals surface area contributed by atoms with Gasteiger partial charge in [-0.25, -0.2) is 4.39 Å². The Morgan fingerprint density at radius 3 is 2.94 bits per heavy atom. The van der Waals surface area contributed by atoms with Crippen LogP contribution in [0.15, 0.2) is 24.3 Å². The summed E-state index contributed by atoms with van der Waals surface area (Å²) in [5, 5.41) is 9.54. The van der Waals surface area contributed by atoms with Crippen LogP contribution in [0.2, 0.25) is 0 Å². The Kier molecular flexibility index (Phi) is 3.69. The Labute approximate surface area is 107 Å². The molecule has 2 nitrogen and oxygen atoms in total. The molecule has 0 amide bonds. The van der Waals surface area contributed by atoms with Gasteiger partial charge in [0.2, 0.25) is 0 Å². The minimum atomic E-state index is -0.738. The lowest BCUT2D eigenvalue weighted by molar-refractivity contribution is -0.152. The molecule has 0 spiro atoms. The fraction of sp³-hybridized carbons (Fsp3) is 0.533. The number of halogens is 1. The van der Waals surface area contributed by atoms with Crippen molar-refractivity contribution < 1.29 is 14.3 Å². The van der Waals surface area contributed by atoms with Crippen molar-refractivity contribution in [1.29, 1.82) is 0 Å². The van der Waals surface area contributed by atoms with E-state index < -0.39 is 11.4 Å². The van der Waals surface area contributed by atoms with E-state index in [0.29, 0.717) is 25.2 Å². The minimum Gasteiger partial charge on any atom is -0.481 e. The molecule has 1 saturated carbocycles. The van der Waals surface area contributed by atoms with Crippen molar-refractivity contribution in [1.82, 2.24) is 0 Å². The van der Waals surface area contributed by atoms with Gasteiger partial charge in [-0.1, -0.05) is 31.9 Å². The summed E-state index contributed by atoms with van der Waals surface area (Å²) in [7, 11) is 0. The first-order valence-electron chi connectivity index (χ1n) is 6.50. The molecular weight excluding hydrogens is 231 g/mol. The van der Waals surface area contributed by atoms with Crippen molar-refractivity contribution in [3.8, 4) is 0 Å². The maximum absolute atomic E-state index is 13.2. The lowest BCUT2D eigenvalue weighted by atomic mass is 9.67. The van der Waals surface area contributed by atoms with Gasteiger partial charge >= 0.3 is 5.97 Å². The number of hydrogen-bond donors (Lipinski definition) is 1. The molecular formula is C15H19FO2. The summed E-state index contributed by atoms with van der Waals surface area (Å²) in [4.78, 5) is 11.6. The van der Waals surface area contributed by atoms with Crippen LogP contribution in [0.1, 0.15) is 38.2 Å². The van der Waals surface area contributed by atoms with E-state index in [4.69, 9.17) is 0 Å². The molecule has 2 unspecified atom stereocenters. The fourth-order valence-corrected chi connectivity index (χ4v) is 3.13. The van der Waals surface area contributed by atoms with Crippen LogP contribution < -0.4 is 0 Å². The van der Waals surface area contributed by atoms with Crippen LogP contribution in [0, 0.1) is 17.2 Å². The summed E-state index contributed by atoms with van der Waals surface area (Å²) in [6.07, 6.45) is 3.87. The number of hydrogen-bond acceptors (Lipinski definition) is 1. The molecule has 0 bridgehead atoms. The van der Waals surface area contributed by atoms with Gasteiger partial charge in [0.25, 0.3) is 0 Å². The summed E-state index contributed by atoms with van der Waals surface area (Å²) in [5.41, 5.74) is 0.0809. The molecule has 0 aromatic heterocycles. The monoisotopic (exact) mass is 250 g/mol. The molecule has 18 heavy (non-hydrogen) atoms. The number of rotatable bonds is 3. The van der Waals surface area contributed by atoms with Crippen LogP contribution in [-0.4, -0.2) is 11.1 Å². The predicted octanol–water partition coefficient (Wildman–Crippen LogP) is 3.65. The summed E-state index contributed by atoms with van der Waals surface area (Å²) < 4.78 is 13.2. The number of carbonyl (C=O) groups is 1. The molecule has 1 aromatic carbocycles. The zero-order valence-electron chi connectivity index (χ0n) is 10.7. The Morgan fingerprint density at radius 1 is 1.56 bits per heavy atom. The van der Waals surface area contributed by atoms with Gasteiger partial charge in [-0.15, -0.1) is 0 Å². The zero-order valence-corrected chi connectivity index (χ0v) is 10.7. The van der Waals surface area contributed by atoms with E-state index in [1.54, 1.807) is 6.07 Å². The summed E-state index contributed by atoms with van der Waals surface area (Å²) in [6, 6.07) is 6.30. The molecule has 2 rings (SSSR count). The third kappa shape index (κ3) is 2.71. The molecule has 0 heterocycles. The van der Waals surface area contributed by atoms with E-state index in [9.17, 15) is 14.3 Å². The molecule has 2 atom stereocenters. The molecule has 1 aliphatic rings. The third-order valence-corrected chi connectivity index (χ3v) is 3.98. The minimum absolute atomic E-state index is 0.295. The molecule has 98 valence electrons. The van der Waals surface area contributed by atoms with E-state index in [1.807, 2.05) is 6.07 Å². The second-order valence-corrected chi connectivity index (χ2v) is 5.59. The summed E-state index contributed by atoms with van der Waals surface area (Å²) >= 11 is 0. The average molecular weight is 250 g/mol. The Bertz CT molecular complexity index is 444. The van der Waals surface area contributed by atoms with Crippen molar-refractivity contribution in [3.63, 3.8) is 0 Å². The van der Waals surface area contributed by atoms with Crippen molar-refractivity contribution >= 4 is 5.97 Å². The van der Waals surface area contributed by atoms with E-state index in [1.165, 1.54) is 12.1 Å².